The van der Waals surface area contributed by atoms with Gasteiger partial charge in [0.1, 0.15) is 5.75 Å². The van der Waals surface area contributed by atoms with Crippen LogP contribution in [0.3, 0.4) is 0 Å². The Kier molecular flexibility index (Phi) is 5.80. The minimum atomic E-state index is 0.000153. The average Bonchev–Trinajstić information content (AvgIpc) is 2.53. The van der Waals surface area contributed by atoms with Crippen LogP contribution in [0.5, 0.6) is 5.75 Å². The zero-order valence-corrected chi connectivity index (χ0v) is 14.1. The van der Waals surface area contributed by atoms with Crippen LogP contribution in [0.25, 0.3) is 0 Å². The third kappa shape index (κ3) is 5.78. The molecule has 2 aromatic rings. The van der Waals surface area contributed by atoms with Crippen molar-refractivity contribution in [1.82, 2.24) is 5.32 Å². The van der Waals surface area contributed by atoms with Gasteiger partial charge in [-0.05, 0) is 28.7 Å². The first-order valence-corrected chi connectivity index (χ1v) is 7.99. The normalized spacial score (nSPS) is 11.1. The third-order valence-corrected chi connectivity index (χ3v) is 3.65. The SMILES string of the molecule is CC(C)(C)c1ccc(OCCC(=O)NCc2ccccc2)cc1. The Morgan fingerprint density at radius 1 is 1.00 bits per heavy atom. The number of rotatable bonds is 6. The number of nitrogens with one attached hydrogen (secondary N) is 1. The van der Waals surface area contributed by atoms with Gasteiger partial charge in [-0.25, -0.2) is 0 Å². The van der Waals surface area contributed by atoms with Crippen molar-refractivity contribution >= 4 is 5.91 Å². The van der Waals surface area contributed by atoms with E-state index in [-0.39, 0.29) is 11.3 Å². The lowest BCUT2D eigenvalue weighted by Crippen LogP contribution is -2.24. The van der Waals surface area contributed by atoms with E-state index in [1.54, 1.807) is 0 Å². The van der Waals surface area contributed by atoms with E-state index in [0.29, 0.717) is 19.6 Å². The Balaban J connectivity index is 1.71. The van der Waals surface area contributed by atoms with Gasteiger partial charge < -0.3 is 10.1 Å². The molecule has 0 unspecified atom stereocenters. The van der Waals surface area contributed by atoms with Crippen LogP contribution in [0.2, 0.25) is 0 Å². The molecule has 0 saturated heterocycles. The largest absolute Gasteiger partial charge is 0.493 e. The molecule has 1 N–H and O–H groups in total. The van der Waals surface area contributed by atoms with Crippen LogP contribution >= 0.6 is 0 Å². The molecule has 0 aliphatic rings. The summed E-state index contributed by atoms with van der Waals surface area (Å²) in [5.74, 6) is 0.800. The summed E-state index contributed by atoms with van der Waals surface area (Å²) in [6.07, 6.45) is 0.355. The second-order valence-corrected chi connectivity index (χ2v) is 6.64. The fraction of sp³-hybridized carbons (Fsp3) is 0.350. The first-order chi connectivity index (χ1) is 10.9. The third-order valence-electron chi connectivity index (χ3n) is 3.65. The highest BCUT2D eigenvalue weighted by Crippen LogP contribution is 2.24. The second-order valence-electron chi connectivity index (χ2n) is 6.64. The maximum Gasteiger partial charge on any atom is 0.223 e. The quantitative estimate of drug-likeness (QED) is 0.873. The Bertz CT molecular complexity index is 612. The number of hydrogen-bond donors (Lipinski definition) is 1. The molecule has 0 aliphatic heterocycles. The van der Waals surface area contributed by atoms with Crippen LogP contribution in [0, 0.1) is 0 Å². The summed E-state index contributed by atoms with van der Waals surface area (Å²) in [6.45, 7) is 7.48. The van der Waals surface area contributed by atoms with Crippen molar-refractivity contribution < 1.29 is 9.53 Å². The van der Waals surface area contributed by atoms with Crippen molar-refractivity contribution in [3.8, 4) is 5.75 Å². The van der Waals surface area contributed by atoms with E-state index in [1.165, 1.54) is 5.56 Å². The molecule has 0 atom stereocenters. The highest BCUT2D eigenvalue weighted by molar-refractivity contribution is 5.75. The number of hydrogen-bond acceptors (Lipinski definition) is 2. The summed E-state index contributed by atoms with van der Waals surface area (Å²) in [5, 5.41) is 2.90. The van der Waals surface area contributed by atoms with Crippen molar-refractivity contribution in [2.75, 3.05) is 6.61 Å². The molecule has 0 saturated carbocycles. The van der Waals surface area contributed by atoms with Gasteiger partial charge >= 0.3 is 0 Å². The zero-order valence-electron chi connectivity index (χ0n) is 14.1. The maximum absolute atomic E-state index is 11.8. The van der Waals surface area contributed by atoms with Crippen LogP contribution in [-0.2, 0) is 16.8 Å². The summed E-state index contributed by atoms with van der Waals surface area (Å²) < 4.78 is 5.64. The van der Waals surface area contributed by atoms with Gasteiger partial charge in [0, 0.05) is 6.54 Å². The Hall–Kier alpha value is -2.29. The van der Waals surface area contributed by atoms with Crippen LogP contribution in [0.15, 0.2) is 54.6 Å². The molecule has 0 heterocycles. The van der Waals surface area contributed by atoms with Gasteiger partial charge in [-0.3, -0.25) is 4.79 Å². The van der Waals surface area contributed by atoms with Crippen LogP contribution in [-0.4, -0.2) is 12.5 Å². The number of ether oxygens (including phenoxy) is 1. The highest BCUT2D eigenvalue weighted by atomic mass is 16.5. The van der Waals surface area contributed by atoms with E-state index in [2.05, 4.69) is 38.2 Å². The molecule has 3 heteroatoms. The van der Waals surface area contributed by atoms with Gasteiger partial charge in [0.2, 0.25) is 5.91 Å². The van der Waals surface area contributed by atoms with Gasteiger partial charge in [-0.15, -0.1) is 0 Å². The molecule has 122 valence electrons. The summed E-state index contributed by atoms with van der Waals surface area (Å²) >= 11 is 0. The summed E-state index contributed by atoms with van der Waals surface area (Å²) in [6, 6.07) is 17.9. The van der Waals surface area contributed by atoms with Crippen LogP contribution in [0.4, 0.5) is 0 Å². The van der Waals surface area contributed by atoms with E-state index in [1.807, 2.05) is 42.5 Å². The first-order valence-electron chi connectivity index (χ1n) is 7.99. The summed E-state index contributed by atoms with van der Waals surface area (Å²) in [7, 11) is 0. The summed E-state index contributed by atoms with van der Waals surface area (Å²) in [4.78, 5) is 11.8. The van der Waals surface area contributed by atoms with Crippen molar-refractivity contribution in [1.29, 1.82) is 0 Å². The lowest BCUT2D eigenvalue weighted by atomic mass is 9.87. The van der Waals surface area contributed by atoms with Gasteiger partial charge in [-0.2, -0.15) is 0 Å². The second kappa shape index (κ2) is 7.82. The minimum absolute atomic E-state index is 0.000153. The molecule has 1 amide bonds. The average molecular weight is 311 g/mol. The monoisotopic (exact) mass is 311 g/mol. The van der Waals surface area contributed by atoms with E-state index in [0.717, 1.165) is 11.3 Å². The van der Waals surface area contributed by atoms with E-state index >= 15 is 0 Å². The number of benzene rings is 2. The topological polar surface area (TPSA) is 38.3 Å². The van der Waals surface area contributed by atoms with Gasteiger partial charge in [0.25, 0.3) is 0 Å². The van der Waals surface area contributed by atoms with Crippen molar-refractivity contribution in [3.63, 3.8) is 0 Å². The number of carbonyl (C=O) groups excluding carboxylic acids is 1. The molecule has 0 aromatic heterocycles. The predicted octanol–water partition coefficient (Wildman–Crippen LogP) is 4.07. The maximum atomic E-state index is 11.8. The smallest absolute Gasteiger partial charge is 0.223 e. The molecule has 0 aliphatic carbocycles. The van der Waals surface area contributed by atoms with Crippen LogP contribution in [0.1, 0.15) is 38.3 Å². The molecule has 0 fully saturated rings. The van der Waals surface area contributed by atoms with Gasteiger partial charge in [-0.1, -0.05) is 63.2 Å². The van der Waals surface area contributed by atoms with Crippen LogP contribution < -0.4 is 10.1 Å². The fourth-order valence-corrected chi connectivity index (χ4v) is 2.20. The van der Waals surface area contributed by atoms with Gasteiger partial charge in [0.15, 0.2) is 0 Å². The zero-order chi connectivity index (χ0) is 16.7. The van der Waals surface area contributed by atoms with Crippen molar-refractivity contribution in [2.45, 2.75) is 39.2 Å². The number of carbonyl (C=O) groups is 1. The Morgan fingerprint density at radius 3 is 2.26 bits per heavy atom. The fourth-order valence-electron chi connectivity index (χ4n) is 2.20. The first kappa shape index (κ1) is 17.1. The van der Waals surface area contributed by atoms with Crippen molar-refractivity contribution in [3.05, 3.63) is 65.7 Å². The summed E-state index contributed by atoms with van der Waals surface area (Å²) in [5.41, 5.74) is 2.50. The standard InChI is InChI=1S/C20H25NO2/c1-20(2,3)17-9-11-18(12-10-17)23-14-13-19(22)21-15-16-7-5-4-6-8-16/h4-12H,13-15H2,1-3H3,(H,21,22). The minimum Gasteiger partial charge on any atom is -0.493 e. The molecular formula is C20H25NO2. The lowest BCUT2D eigenvalue weighted by molar-refractivity contribution is -0.121. The predicted molar refractivity (Wildman–Crippen MR) is 93.5 cm³/mol. The lowest BCUT2D eigenvalue weighted by Gasteiger charge is -2.19. The highest BCUT2D eigenvalue weighted by Gasteiger charge is 2.13. The van der Waals surface area contributed by atoms with Gasteiger partial charge in [0.05, 0.1) is 13.0 Å². The Morgan fingerprint density at radius 2 is 1.65 bits per heavy atom. The molecular weight excluding hydrogens is 286 g/mol. The molecule has 2 aromatic carbocycles. The molecule has 0 radical (unpaired) electrons. The Labute approximate surface area is 138 Å². The van der Waals surface area contributed by atoms with Crippen molar-refractivity contribution in [2.24, 2.45) is 0 Å². The molecule has 23 heavy (non-hydrogen) atoms. The number of amides is 1. The molecule has 3 nitrogen and oxygen atoms in total. The van der Waals surface area contributed by atoms with E-state index < -0.39 is 0 Å². The molecule has 0 bridgehead atoms. The molecule has 0 spiro atoms. The van der Waals surface area contributed by atoms with E-state index in [4.69, 9.17) is 4.74 Å². The molecule has 2 rings (SSSR count). The van der Waals surface area contributed by atoms with E-state index in [9.17, 15) is 4.79 Å².